The van der Waals surface area contributed by atoms with Crippen LogP contribution in [0.25, 0.3) is 33.5 Å². The largest absolute Gasteiger partial charge is 0.343 e. The van der Waals surface area contributed by atoms with Crippen molar-refractivity contribution in [3.63, 3.8) is 0 Å². The van der Waals surface area contributed by atoms with Crippen LogP contribution < -0.4 is 5.56 Å². The number of nitrogens with one attached hydrogen (secondary N) is 2. The smallest absolute Gasteiger partial charge is 0.278 e. The quantitative estimate of drug-likeness (QED) is 0.541. The van der Waals surface area contributed by atoms with Crippen LogP contribution in [0.1, 0.15) is 27.6 Å². The molecular weight excluding hydrogens is 370 g/mol. The number of amides is 1. The summed E-state index contributed by atoms with van der Waals surface area (Å²) in [6, 6.07) is 5.87. The molecule has 0 radical (unpaired) electrons. The molecule has 4 heterocycles. The first kappa shape index (κ1) is 18.9. The van der Waals surface area contributed by atoms with Crippen molar-refractivity contribution in [2.75, 3.05) is 13.1 Å². The highest BCUT2D eigenvalue weighted by atomic mass is 16.2. The van der Waals surface area contributed by atoms with E-state index in [0.717, 1.165) is 29.6 Å². The molecule has 2 N–H and O–H groups in total. The van der Waals surface area contributed by atoms with Crippen molar-refractivity contribution in [3.8, 4) is 11.4 Å². The number of hydrogen-bond acceptors (Lipinski definition) is 5. The number of benzene rings is 1. The first-order valence-corrected chi connectivity index (χ1v) is 9.70. The predicted octanol–water partition coefficient (Wildman–Crippen LogP) is 2.46. The molecule has 5 rings (SSSR count). The molecule has 0 atom stereocenters. The number of aromatic nitrogens is 6. The molecule has 1 aliphatic rings. The van der Waals surface area contributed by atoms with Crippen molar-refractivity contribution in [2.24, 2.45) is 7.05 Å². The van der Waals surface area contributed by atoms with Gasteiger partial charge in [0.25, 0.3) is 5.56 Å². The van der Waals surface area contributed by atoms with Gasteiger partial charge in [0.15, 0.2) is 11.2 Å². The average Bonchev–Trinajstić information content (AvgIpc) is 3.48. The monoisotopic (exact) mass is 395 g/mol. The Balaban J connectivity index is 0.000000218. The van der Waals surface area contributed by atoms with Crippen molar-refractivity contribution < 1.29 is 6.22 Å². The summed E-state index contributed by atoms with van der Waals surface area (Å²) in [6.45, 7) is 3.90. The Morgan fingerprint density at radius 1 is 1.28 bits per heavy atom. The van der Waals surface area contributed by atoms with E-state index in [-0.39, 0.29) is 6.99 Å². The lowest BCUT2D eigenvalue weighted by Crippen LogP contribution is -2.26. The van der Waals surface area contributed by atoms with Gasteiger partial charge in [0.2, 0.25) is 5.91 Å². The maximum absolute atomic E-state index is 11.8. The minimum atomic E-state index is -0.237. The summed E-state index contributed by atoms with van der Waals surface area (Å²) < 4.78 is 1.81. The molecule has 1 aliphatic heterocycles. The van der Waals surface area contributed by atoms with Gasteiger partial charge in [-0.2, -0.15) is 5.10 Å². The van der Waals surface area contributed by atoms with E-state index in [4.69, 9.17) is 0 Å². The maximum Gasteiger partial charge on any atom is 0.278 e. The van der Waals surface area contributed by atoms with Gasteiger partial charge in [0, 0.05) is 38.9 Å². The second-order valence-corrected chi connectivity index (χ2v) is 7.01. The van der Waals surface area contributed by atoms with Gasteiger partial charge in [-0.1, -0.05) is 19.1 Å². The van der Waals surface area contributed by atoms with Gasteiger partial charge in [0.05, 0.1) is 18.0 Å². The van der Waals surface area contributed by atoms with E-state index >= 15 is 0 Å². The molecule has 1 saturated heterocycles. The molecule has 9 nitrogen and oxygen atoms in total. The van der Waals surface area contributed by atoms with Gasteiger partial charge in [-0.3, -0.25) is 14.7 Å². The molecule has 0 saturated carbocycles. The molecule has 1 fully saturated rings. The number of nitrogens with zero attached hydrogens (tertiary/aromatic N) is 5. The lowest BCUT2D eigenvalue weighted by atomic mass is 10.1. The molecule has 3 aromatic heterocycles. The van der Waals surface area contributed by atoms with Crippen molar-refractivity contribution in [1.29, 1.82) is 0 Å². The minimum Gasteiger partial charge on any atom is -0.343 e. The SMILES string of the molecule is CCC(=O)N1CCCC1.Cn1c(-c2ccc3cn[nH]c3c2)nc2c(=O)[nH]cnc21.[HH]. The third-order valence-electron chi connectivity index (χ3n) is 5.12. The molecule has 1 amide bonds. The van der Waals surface area contributed by atoms with E-state index in [1.165, 1.54) is 19.2 Å². The summed E-state index contributed by atoms with van der Waals surface area (Å²) >= 11 is 0. The zero-order chi connectivity index (χ0) is 20.4. The third-order valence-corrected chi connectivity index (χ3v) is 5.12. The summed E-state index contributed by atoms with van der Waals surface area (Å²) in [5.74, 6) is 1.01. The Morgan fingerprint density at radius 3 is 2.79 bits per heavy atom. The van der Waals surface area contributed by atoms with Crippen LogP contribution in [-0.2, 0) is 11.8 Å². The number of carbonyl (C=O) groups is 1. The van der Waals surface area contributed by atoms with Crippen LogP contribution in [0.3, 0.4) is 0 Å². The molecule has 152 valence electrons. The van der Waals surface area contributed by atoms with Gasteiger partial charge < -0.3 is 14.5 Å². The number of likely N-dealkylation sites (tertiary alicyclic amines) is 1. The molecule has 0 aliphatic carbocycles. The van der Waals surface area contributed by atoms with Crippen LogP contribution in [0.2, 0.25) is 0 Å². The number of carbonyl (C=O) groups excluding carboxylic acids is 1. The number of aromatic amines is 2. The number of rotatable bonds is 2. The molecule has 9 heteroatoms. The zero-order valence-corrected chi connectivity index (χ0v) is 16.5. The maximum atomic E-state index is 11.8. The Bertz CT molecular complexity index is 1220. The topological polar surface area (TPSA) is 113 Å². The average molecular weight is 395 g/mol. The molecule has 0 bridgehead atoms. The summed E-state index contributed by atoms with van der Waals surface area (Å²) in [6.07, 6.45) is 6.21. The van der Waals surface area contributed by atoms with Crippen LogP contribution >= 0.6 is 0 Å². The number of imidazole rings is 1. The Kier molecular flexibility index (Phi) is 5.11. The molecule has 1 aromatic carbocycles. The van der Waals surface area contributed by atoms with Crippen LogP contribution in [0, 0.1) is 0 Å². The summed E-state index contributed by atoms with van der Waals surface area (Å²) in [5, 5.41) is 7.95. The fraction of sp³-hybridized carbons (Fsp3) is 0.350. The Morgan fingerprint density at radius 2 is 2.07 bits per heavy atom. The van der Waals surface area contributed by atoms with Gasteiger partial charge in [-0.25, -0.2) is 9.97 Å². The highest BCUT2D eigenvalue weighted by Crippen LogP contribution is 2.23. The number of H-pyrrole nitrogens is 2. The van der Waals surface area contributed by atoms with Crippen LogP contribution in [-0.4, -0.2) is 53.6 Å². The van der Waals surface area contributed by atoms with Gasteiger partial charge in [-0.15, -0.1) is 0 Å². The minimum absolute atomic E-state index is 0. The Hall–Kier alpha value is -3.49. The zero-order valence-electron chi connectivity index (χ0n) is 16.5. The molecule has 0 unspecified atom stereocenters. The van der Waals surface area contributed by atoms with E-state index in [9.17, 15) is 9.59 Å². The first-order valence-electron chi connectivity index (χ1n) is 9.70. The van der Waals surface area contributed by atoms with Crippen molar-refractivity contribution in [3.05, 3.63) is 41.1 Å². The fourth-order valence-electron chi connectivity index (χ4n) is 3.54. The second-order valence-electron chi connectivity index (χ2n) is 7.01. The van der Waals surface area contributed by atoms with Crippen molar-refractivity contribution >= 4 is 28.0 Å². The normalized spacial score (nSPS) is 13.7. The summed E-state index contributed by atoms with van der Waals surface area (Å²) in [7, 11) is 1.84. The summed E-state index contributed by atoms with van der Waals surface area (Å²) in [5.41, 5.74) is 2.50. The number of aryl methyl sites for hydroxylation is 1. The highest BCUT2D eigenvalue weighted by molar-refractivity contribution is 5.84. The molecular formula is C20H25N7O2. The molecule has 29 heavy (non-hydrogen) atoms. The van der Waals surface area contributed by atoms with E-state index in [0.29, 0.717) is 29.3 Å². The molecule has 0 spiro atoms. The molecule has 4 aromatic rings. The van der Waals surface area contributed by atoms with E-state index < -0.39 is 0 Å². The number of hydrogen-bond donors (Lipinski definition) is 2. The van der Waals surface area contributed by atoms with Crippen LogP contribution in [0.5, 0.6) is 0 Å². The van der Waals surface area contributed by atoms with E-state index in [1.807, 2.05) is 41.6 Å². The van der Waals surface area contributed by atoms with Crippen molar-refractivity contribution in [1.82, 2.24) is 34.6 Å². The number of fused-ring (bicyclic) bond motifs is 2. The summed E-state index contributed by atoms with van der Waals surface area (Å²) in [4.78, 5) is 35.7. The van der Waals surface area contributed by atoms with Gasteiger partial charge in [-0.05, 0) is 18.9 Å². The lowest BCUT2D eigenvalue weighted by molar-refractivity contribution is -0.129. The van der Waals surface area contributed by atoms with Crippen molar-refractivity contribution in [2.45, 2.75) is 26.2 Å². The van der Waals surface area contributed by atoms with Gasteiger partial charge in [0.1, 0.15) is 5.82 Å². The Labute approximate surface area is 168 Å². The fourth-order valence-corrected chi connectivity index (χ4v) is 3.54. The standard InChI is InChI=1S/C13H10N6O.C7H13NO.H2/c1-19-11(17-10-12(19)14-6-15-13(10)20)7-2-3-8-5-16-18-9(8)4-7;1-2-7(9)8-5-3-4-6-8;/h2-6H,1H3,(H,16,18)(H,14,15,20);2-6H2,1H3;1H. The van der Waals surface area contributed by atoms with Gasteiger partial charge >= 0.3 is 0 Å². The second kappa shape index (κ2) is 7.86. The predicted molar refractivity (Wildman–Crippen MR) is 112 cm³/mol. The van der Waals surface area contributed by atoms with Crippen LogP contribution in [0.4, 0.5) is 0 Å². The van der Waals surface area contributed by atoms with E-state index in [1.54, 1.807) is 6.20 Å². The lowest BCUT2D eigenvalue weighted by Gasteiger charge is -2.12. The first-order chi connectivity index (χ1) is 14.1. The van der Waals surface area contributed by atoms with Crippen LogP contribution in [0.15, 0.2) is 35.5 Å². The third kappa shape index (κ3) is 3.63. The highest BCUT2D eigenvalue weighted by Gasteiger charge is 2.15. The van der Waals surface area contributed by atoms with E-state index in [2.05, 4.69) is 25.1 Å².